The summed E-state index contributed by atoms with van der Waals surface area (Å²) in [6, 6.07) is 0. The third-order valence-electron chi connectivity index (χ3n) is 2.23. The topological polar surface area (TPSA) is 21.6 Å². The Hall–Kier alpha value is -0.530. The molecule has 1 atom stereocenters. The first kappa shape index (κ1) is 9.56. The first-order chi connectivity index (χ1) is 5.83. The lowest BCUT2D eigenvalue weighted by Crippen LogP contribution is -2.11. The predicted molar refractivity (Wildman–Crippen MR) is 51.6 cm³/mol. The smallest absolute Gasteiger partial charge is 0.180 e. The number of hydrogen-bond acceptors (Lipinski definition) is 2. The fourth-order valence-corrected chi connectivity index (χ4v) is 1.50. The van der Waals surface area contributed by atoms with E-state index in [9.17, 15) is 0 Å². The number of hydrogen-bond donors (Lipinski definition) is 0. The number of aliphatic imine (C=N–C) groups is 1. The highest BCUT2D eigenvalue weighted by molar-refractivity contribution is 5.74. The van der Waals surface area contributed by atoms with Crippen LogP contribution < -0.4 is 0 Å². The van der Waals surface area contributed by atoms with E-state index < -0.39 is 0 Å². The molecule has 0 radical (unpaired) electrons. The van der Waals surface area contributed by atoms with Gasteiger partial charge in [0.1, 0.15) is 6.10 Å². The fraction of sp³-hybridized carbons (Fsp3) is 0.900. The summed E-state index contributed by atoms with van der Waals surface area (Å²) in [4.78, 5) is 4.21. The quantitative estimate of drug-likeness (QED) is 0.580. The van der Waals surface area contributed by atoms with Gasteiger partial charge in [0.25, 0.3) is 0 Å². The average Bonchev–Trinajstić information content (AvgIpc) is 2.45. The van der Waals surface area contributed by atoms with Crippen molar-refractivity contribution in [1.82, 2.24) is 0 Å². The molecular formula is C10H19NO. The van der Waals surface area contributed by atoms with Crippen molar-refractivity contribution in [3.8, 4) is 0 Å². The Balaban J connectivity index is 1.95. The maximum absolute atomic E-state index is 5.49. The largest absolute Gasteiger partial charge is 0.476 e. The number of unbranched alkanes of at least 4 members (excludes halogenated alkanes) is 3. The van der Waals surface area contributed by atoms with E-state index in [4.69, 9.17) is 4.74 Å². The van der Waals surface area contributed by atoms with Crippen molar-refractivity contribution >= 4 is 5.90 Å². The van der Waals surface area contributed by atoms with E-state index in [-0.39, 0.29) is 0 Å². The number of rotatable bonds is 5. The van der Waals surface area contributed by atoms with E-state index in [1.807, 2.05) is 6.92 Å². The molecule has 0 spiro atoms. The summed E-state index contributed by atoms with van der Waals surface area (Å²) in [5.41, 5.74) is 0. The van der Waals surface area contributed by atoms with Crippen LogP contribution in [0.15, 0.2) is 4.99 Å². The zero-order valence-corrected chi connectivity index (χ0v) is 8.18. The Morgan fingerprint density at radius 3 is 2.83 bits per heavy atom. The van der Waals surface area contributed by atoms with Crippen molar-refractivity contribution in [2.75, 3.05) is 6.54 Å². The van der Waals surface area contributed by atoms with Gasteiger partial charge in [0.2, 0.25) is 0 Å². The van der Waals surface area contributed by atoms with Gasteiger partial charge in [-0.1, -0.05) is 26.2 Å². The van der Waals surface area contributed by atoms with Crippen LogP contribution in [0.5, 0.6) is 0 Å². The molecule has 0 N–H and O–H groups in total. The molecule has 0 aliphatic carbocycles. The molecule has 0 fully saturated rings. The molecule has 0 aromatic heterocycles. The van der Waals surface area contributed by atoms with E-state index in [1.54, 1.807) is 0 Å². The lowest BCUT2D eigenvalue weighted by atomic mass is 10.1. The summed E-state index contributed by atoms with van der Waals surface area (Å²) in [5, 5.41) is 0. The van der Waals surface area contributed by atoms with Crippen molar-refractivity contribution in [1.29, 1.82) is 0 Å². The second-order valence-electron chi connectivity index (χ2n) is 3.45. The van der Waals surface area contributed by atoms with Crippen molar-refractivity contribution in [2.24, 2.45) is 4.99 Å². The summed E-state index contributed by atoms with van der Waals surface area (Å²) in [6.45, 7) is 5.06. The molecule has 0 aromatic rings. The number of nitrogens with zero attached hydrogens (tertiary/aromatic N) is 1. The highest BCUT2D eigenvalue weighted by Crippen LogP contribution is 2.12. The number of ether oxygens (including phenoxy) is 1. The molecule has 1 aliphatic heterocycles. The molecule has 1 aliphatic rings. The first-order valence-electron chi connectivity index (χ1n) is 5.00. The molecule has 2 nitrogen and oxygen atoms in total. The van der Waals surface area contributed by atoms with Gasteiger partial charge in [-0.25, -0.2) is 0 Å². The lowest BCUT2D eigenvalue weighted by Gasteiger charge is -2.08. The van der Waals surface area contributed by atoms with Crippen LogP contribution in [-0.4, -0.2) is 18.5 Å². The van der Waals surface area contributed by atoms with Crippen LogP contribution in [-0.2, 0) is 4.74 Å². The van der Waals surface area contributed by atoms with Crippen LogP contribution in [0.4, 0.5) is 0 Å². The monoisotopic (exact) mass is 169 g/mol. The van der Waals surface area contributed by atoms with Gasteiger partial charge in [-0.05, 0) is 12.8 Å². The minimum absolute atomic E-state index is 0.391. The highest BCUT2D eigenvalue weighted by atomic mass is 16.5. The third-order valence-corrected chi connectivity index (χ3v) is 2.23. The standard InChI is InChI=1S/C10H19NO/c1-3-4-5-6-7-10-8-11-9(2)12-10/h10H,3-8H2,1-2H3/t10-/m1/s1. The minimum Gasteiger partial charge on any atom is -0.476 e. The van der Waals surface area contributed by atoms with Crippen LogP contribution in [0, 0.1) is 0 Å². The minimum atomic E-state index is 0.391. The Morgan fingerprint density at radius 1 is 1.42 bits per heavy atom. The average molecular weight is 169 g/mol. The molecule has 1 rings (SSSR count). The van der Waals surface area contributed by atoms with Gasteiger partial charge < -0.3 is 4.74 Å². The van der Waals surface area contributed by atoms with Crippen molar-refractivity contribution < 1.29 is 4.74 Å². The fourth-order valence-electron chi connectivity index (χ4n) is 1.50. The normalized spacial score (nSPS) is 22.2. The second-order valence-corrected chi connectivity index (χ2v) is 3.45. The Morgan fingerprint density at radius 2 is 2.25 bits per heavy atom. The lowest BCUT2D eigenvalue weighted by molar-refractivity contribution is 0.207. The third kappa shape index (κ3) is 3.24. The maximum Gasteiger partial charge on any atom is 0.180 e. The van der Waals surface area contributed by atoms with Gasteiger partial charge in [0, 0.05) is 6.92 Å². The van der Waals surface area contributed by atoms with E-state index in [0.29, 0.717) is 6.10 Å². The maximum atomic E-state index is 5.49. The second kappa shape index (κ2) is 5.18. The van der Waals surface area contributed by atoms with Gasteiger partial charge in [0.05, 0.1) is 6.54 Å². The van der Waals surface area contributed by atoms with Gasteiger partial charge >= 0.3 is 0 Å². The van der Waals surface area contributed by atoms with Gasteiger partial charge in [-0.2, -0.15) is 0 Å². The molecule has 12 heavy (non-hydrogen) atoms. The molecular weight excluding hydrogens is 150 g/mol. The van der Waals surface area contributed by atoms with E-state index >= 15 is 0 Å². The zero-order valence-electron chi connectivity index (χ0n) is 8.18. The SMILES string of the molecule is CCCCCC[C@@H]1CN=C(C)O1. The summed E-state index contributed by atoms with van der Waals surface area (Å²) >= 11 is 0. The Kier molecular flexibility index (Phi) is 4.12. The Labute approximate surface area is 75.0 Å². The van der Waals surface area contributed by atoms with Gasteiger partial charge in [-0.15, -0.1) is 0 Å². The summed E-state index contributed by atoms with van der Waals surface area (Å²) in [5.74, 6) is 0.871. The van der Waals surface area contributed by atoms with Crippen molar-refractivity contribution in [2.45, 2.75) is 52.1 Å². The Bertz CT molecular complexity index is 154. The summed E-state index contributed by atoms with van der Waals surface area (Å²) in [7, 11) is 0. The van der Waals surface area contributed by atoms with Crippen LogP contribution in [0.25, 0.3) is 0 Å². The highest BCUT2D eigenvalue weighted by Gasteiger charge is 2.15. The predicted octanol–water partition coefficient (Wildman–Crippen LogP) is 2.77. The van der Waals surface area contributed by atoms with Crippen LogP contribution in [0.3, 0.4) is 0 Å². The summed E-state index contributed by atoms with van der Waals surface area (Å²) in [6.07, 6.45) is 6.87. The summed E-state index contributed by atoms with van der Waals surface area (Å²) < 4.78 is 5.49. The van der Waals surface area contributed by atoms with Crippen molar-refractivity contribution in [3.05, 3.63) is 0 Å². The van der Waals surface area contributed by atoms with Crippen LogP contribution in [0.2, 0.25) is 0 Å². The first-order valence-corrected chi connectivity index (χ1v) is 5.00. The molecule has 0 saturated carbocycles. The van der Waals surface area contributed by atoms with E-state index in [1.165, 1.54) is 32.1 Å². The van der Waals surface area contributed by atoms with E-state index in [2.05, 4.69) is 11.9 Å². The van der Waals surface area contributed by atoms with Crippen LogP contribution in [0.1, 0.15) is 46.0 Å². The molecule has 0 amide bonds. The molecule has 70 valence electrons. The van der Waals surface area contributed by atoms with Gasteiger partial charge in [-0.3, -0.25) is 4.99 Å². The molecule has 0 aromatic carbocycles. The van der Waals surface area contributed by atoms with Crippen LogP contribution >= 0.6 is 0 Å². The molecule has 0 bridgehead atoms. The van der Waals surface area contributed by atoms with Gasteiger partial charge in [0.15, 0.2) is 5.90 Å². The molecule has 0 unspecified atom stereocenters. The van der Waals surface area contributed by atoms with E-state index in [0.717, 1.165) is 12.4 Å². The zero-order chi connectivity index (χ0) is 8.81. The molecule has 2 heteroatoms. The van der Waals surface area contributed by atoms with Crippen molar-refractivity contribution in [3.63, 3.8) is 0 Å². The molecule has 0 saturated heterocycles. The molecule has 1 heterocycles.